The molecule has 2 heterocycles. The van der Waals surface area contributed by atoms with Crippen molar-refractivity contribution >= 4 is 11.9 Å². The first-order valence-electron chi connectivity index (χ1n) is 9.68. The van der Waals surface area contributed by atoms with Gasteiger partial charge >= 0.3 is 6.03 Å². The number of amides is 3. The van der Waals surface area contributed by atoms with Crippen LogP contribution in [0, 0.1) is 11.7 Å². The van der Waals surface area contributed by atoms with E-state index in [0.717, 1.165) is 25.7 Å². The van der Waals surface area contributed by atoms with Crippen molar-refractivity contribution in [2.24, 2.45) is 5.92 Å². The van der Waals surface area contributed by atoms with Crippen molar-refractivity contribution in [2.45, 2.75) is 58.2 Å². The minimum absolute atomic E-state index is 0.0709. The summed E-state index contributed by atoms with van der Waals surface area (Å²) >= 11 is 0. The van der Waals surface area contributed by atoms with Crippen LogP contribution in [-0.4, -0.2) is 44.0 Å². The quantitative estimate of drug-likeness (QED) is 0.802. The van der Waals surface area contributed by atoms with Crippen molar-refractivity contribution in [2.75, 3.05) is 0 Å². The van der Waals surface area contributed by atoms with Gasteiger partial charge in [-0.3, -0.25) is 9.69 Å². The monoisotopic (exact) mass is 386 g/mol. The molecule has 1 saturated carbocycles. The number of rotatable bonds is 4. The van der Waals surface area contributed by atoms with Crippen molar-refractivity contribution < 1.29 is 18.5 Å². The van der Waals surface area contributed by atoms with Crippen molar-refractivity contribution in [3.63, 3.8) is 0 Å². The summed E-state index contributed by atoms with van der Waals surface area (Å²) in [6.07, 6.45) is 3.58. The molecule has 2 atom stereocenters. The summed E-state index contributed by atoms with van der Waals surface area (Å²) in [5.41, 5.74) is 0.635. The van der Waals surface area contributed by atoms with E-state index < -0.39 is 0 Å². The summed E-state index contributed by atoms with van der Waals surface area (Å²) in [5, 5.41) is 3.95. The smallest absolute Gasteiger partial charge is 0.327 e. The van der Waals surface area contributed by atoms with Gasteiger partial charge in [-0.05, 0) is 51.0 Å². The second-order valence-electron chi connectivity index (χ2n) is 7.69. The Morgan fingerprint density at radius 2 is 1.89 bits per heavy atom. The first kappa shape index (κ1) is 18.6. The lowest BCUT2D eigenvalue weighted by molar-refractivity contribution is -0.142. The highest BCUT2D eigenvalue weighted by molar-refractivity contribution is 5.99. The Bertz CT molecular complexity index is 880. The minimum atomic E-state index is -0.340. The Balaban J connectivity index is 1.59. The van der Waals surface area contributed by atoms with Crippen LogP contribution in [0.15, 0.2) is 28.8 Å². The van der Waals surface area contributed by atoms with Crippen LogP contribution >= 0.6 is 0 Å². The van der Waals surface area contributed by atoms with Crippen LogP contribution in [0.1, 0.15) is 45.4 Å². The molecule has 7 nitrogen and oxygen atoms in total. The molecule has 2 fully saturated rings. The van der Waals surface area contributed by atoms with Crippen molar-refractivity contribution in [1.82, 2.24) is 19.9 Å². The summed E-state index contributed by atoms with van der Waals surface area (Å²) < 4.78 is 18.5. The maximum absolute atomic E-state index is 13.1. The number of urea groups is 1. The lowest BCUT2D eigenvalue weighted by Crippen LogP contribution is -2.63. The molecule has 4 rings (SSSR count). The van der Waals surface area contributed by atoms with E-state index in [1.807, 2.05) is 13.8 Å². The minimum Gasteiger partial charge on any atom is -0.337 e. The molecule has 0 bridgehead atoms. The van der Waals surface area contributed by atoms with Gasteiger partial charge in [0, 0.05) is 17.6 Å². The van der Waals surface area contributed by atoms with Crippen molar-refractivity contribution in [3.05, 3.63) is 36.0 Å². The fourth-order valence-electron chi connectivity index (χ4n) is 4.17. The molecule has 0 radical (unpaired) electrons. The van der Waals surface area contributed by atoms with E-state index in [0.29, 0.717) is 17.3 Å². The van der Waals surface area contributed by atoms with E-state index in [1.165, 1.54) is 17.0 Å². The Labute approximate surface area is 162 Å². The zero-order valence-electron chi connectivity index (χ0n) is 16.0. The third-order valence-corrected chi connectivity index (χ3v) is 5.53. The molecule has 1 aromatic carbocycles. The van der Waals surface area contributed by atoms with Gasteiger partial charge in [0.2, 0.25) is 17.6 Å². The van der Waals surface area contributed by atoms with Crippen LogP contribution in [-0.2, 0) is 11.3 Å². The van der Waals surface area contributed by atoms with Crippen LogP contribution < -0.4 is 0 Å². The molecule has 1 saturated heterocycles. The van der Waals surface area contributed by atoms with Gasteiger partial charge in [-0.2, -0.15) is 4.98 Å². The van der Waals surface area contributed by atoms with E-state index in [1.54, 1.807) is 17.0 Å². The summed E-state index contributed by atoms with van der Waals surface area (Å²) in [4.78, 5) is 33.3. The Kier molecular flexibility index (Phi) is 4.87. The summed E-state index contributed by atoms with van der Waals surface area (Å²) in [6, 6.07) is 5.17. The number of carbonyl (C=O) groups excluding carboxylic acids is 2. The molecule has 8 heteroatoms. The van der Waals surface area contributed by atoms with Gasteiger partial charge in [0.05, 0.1) is 5.92 Å². The fraction of sp³-hybridized carbons (Fsp3) is 0.500. The normalized spacial score (nSPS) is 22.7. The van der Waals surface area contributed by atoms with Gasteiger partial charge in [0.25, 0.3) is 0 Å². The van der Waals surface area contributed by atoms with Crippen LogP contribution in [0.2, 0.25) is 0 Å². The highest BCUT2D eigenvalue weighted by atomic mass is 19.1. The summed E-state index contributed by atoms with van der Waals surface area (Å²) in [5.74, 6) is 0.0616. The van der Waals surface area contributed by atoms with Gasteiger partial charge < -0.3 is 9.42 Å². The molecule has 1 aliphatic heterocycles. The number of nitrogens with zero attached hydrogens (tertiary/aromatic N) is 4. The Morgan fingerprint density at radius 3 is 2.61 bits per heavy atom. The molecule has 3 amide bonds. The molecule has 0 N–H and O–H groups in total. The highest BCUT2D eigenvalue weighted by Crippen LogP contribution is 2.36. The number of imide groups is 1. The SMILES string of the molecule is CC(C)N1C(=O)C2CCCCC2N(Cc2nc(-c3ccc(F)cc3)no2)C1=O. The topological polar surface area (TPSA) is 79.5 Å². The van der Waals surface area contributed by atoms with E-state index in [-0.39, 0.29) is 42.3 Å². The Hall–Kier alpha value is -2.77. The molecule has 2 aromatic rings. The van der Waals surface area contributed by atoms with E-state index in [9.17, 15) is 14.0 Å². The summed E-state index contributed by atoms with van der Waals surface area (Å²) in [7, 11) is 0. The predicted molar refractivity (Wildman–Crippen MR) is 98.4 cm³/mol. The van der Waals surface area contributed by atoms with Crippen molar-refractivity contribution in [1.29, 1.82) is 0 Å². The molecule has 0 spiro atoms. The number of fused-ring (bicyclic) bond motifs is 1. The van der Waals surface area contributed by atoms with Crippen LogP contribution in [0.25, 0.3) is 11.4 Å². The average Bonchev–Trinajstić information content (AvgIpc) is 3.14. The lowest BCUT2D eigenvalue weighted by Gasteiger charge is -2.47. The number of carbonyl (C=O) groups is 2. The largest absolute Gasteiger partial charge is 0.337 e. The number of hydrogen-bond acceptors (Lipinski definition) is 5. The van der Waals surface area contributed by atoms with E-state index in [2.05, 4.69) is 10.1 Å². The zero-order chi connectivity index (χ0) is 19.8. The van der Waals surface area contributed by atoms with E-state index in [4.69, 9.17) is 4.52 Å². The zero-order valence-corrected chi connectivity index (χ0v) is 16.0. The number of aromatic nitrogens is 2. The number of benzene rings is 1. The van der Waals surface area contributed by atoms with E-state index >= 15 is 0 Å². The third-order valence-electron chi connectivity index (χ3n) is 5.53. The molecular formula is C20H23FN4O3. The van der Waals surface area contributed by atoms with Gasteiger partial charge in [-0.15, -0.1) is 0 Å². The molecule has 1 aliphatic carbocycles. The number of halogens is 1. The molecule has 2 unspecified atom stereocenters. The maximum Gasteiger partial charge on any atom is 0.327 e. The average molecular weight is 386 g/mol. The molecule has 28 heavy (non-hydrogen) atoms. The van der Waals surface area contributed by atoms with Crippen molar-refractivity contribution in [3.8, 4) is 11.4 Å². The number of hydrogen-bond donors (Lipinski definition) is 0. The summed E-state index contributed by atoms with van der Waals surface area (Å²) in [6.45, 7) is 3.84. The second kappa shape index (κ2) is 7.33. The highest BCUT2D eigenvalue weighted by Gasteiger charge is 2.48. The van der Waals surface area contributed by atoms with Gasteiger partial charge in [-0.25, -0.2) is 9.18 Å². The first-order chi connectivity index (χ1) is 13.5. The fourth-order valence-corrected chi connectivity index (χ4v) is 4.17. The third kappa shape index (κ3) is 3.27. The van der Waals surface area contributed by atoms with Gasteiger partial charge in [0.1, 0.15) is 12.4 Å². The standard InChI is InChI=1S/C20H23FN4O3/c1-12(2)25-19(26)15-5-3-4-6-16(15)24(20(25)27)11-17-22-18(23-28-17)13-7-9-14(21)10-8-13/h7-10,12,15-16H,3-6,11H2,1-2H3. The molecule has 148 valence electrons. The maximum atomic E-state index is 13.1. The molecular weight excluding hydrogens is 363 g/mol. The molecule has 2 aliphatic rings. The van der Waals surface area contributed by atoms with Gasteiger partial charge in [-0.1, -0.05) is 18.0 Å². The first-order valence-corrected chi connectivity index (χ1v) is 9.68. The second-order valence-corrected chi connectivity index (χ2v) is 7.69. The van der Waals surface area contributed by atoms with Crippen LogP contribution in [0.3, 0.4) is 0 Å². The van der Waals surface area contributed by atoms with Crippen LogP contribution in [0.4, 0.5) is 9.18 Å². The molecule has 1 aromatic heterocycles. The lowest BCUT2D eigenvalue weighted by atomic mass is 9.81. The Morgan fingerprint density at radius 1 is 1.18 bits per heavy atom. The predicted octanol–water partition coefficient (Wildman–Crippen LogP) is 3.61. The van der Waals surface area contributed by atoms with Gasteiger partial charge in [0.15, 0.2) is 0 Å². The van der Waals surface area contributed by atoms with Crippen LogP contribution in [0.5, 0.6) is 0 Å².